The molecule has 2 heterocycles. The van der Waals surface area contributed by atoms with Gasteiger partial charge in [-0.25, -0.2) is 14.4 Å². The van der Waals surface area contributed by atoms with Crippen LogP contribution in [0.4, 0.5) is 16.2 Å². The highest BCUT2D eigenvalue weighted by Gasteiger charge is 2.13. The molecule has 3 aromatic rings. The third kappa shape index (κ3) is 1.75. The van der Waals surface area contributed by atoms with E-state index in [1.165, 1.54) is 18.3 Å². The number of imidazole rings is 1. The number of nitrogens with two attached hydrogens (primary N) is 2. The number of aryl methyl sites for hydroxylation is 1. The number of nitrogen functional groups attached to an aromatic ring is 2. The SMILES string of the molecule is Cc1nc2cc(F)ccc2n1-c1cnc(N)nc1N. The molecule has 0 atom stereocenters. The predicted molar refractivity (Wildman–Crippen MR) is 70.2 cm³/mol. The normalized spacial score (nSPS) is 11.1. The number of halogens is 1. The molecule has 0 spiro atoms. The summed E-state index contributed by atoms with van der Waals surface area (Å²) in [7, 11) is 0. The van der Waals surface area contributed by atoms with E-state index < -0.39 is 0 Å². The minimum atomic E-state index is -0.335. The first-order valence-electron chi connectivity index (χ1n) is 5.59. The maximum atomic E-state index is 13.2. The molecule has 0 amide bonds. The fraction of sp³-hybridized carbons (Fsp3) is 0.0833. The van der Waals surface area contributed by atoms with Gasteiger partial charge in [0.05, 0.1) is 17.2 Å². The smallest absolute Gasteiger partial charge is 0.222 e. The molecule has 0 fully saturated rings. The van der Waals surface area contributed by atoms with E-state index in [9.17, 15) is 4.39 Å². The standard InChI is InChI=1S/C12H11FN6/c1-6-17-8-4-7(13)2-3-9(8)19(6)10-5-16-12(15)18-11(10)14/h2-5H,1H3,(H4,14,15,16,18). The van der Waals surface area contributed by atoms with Crippen molar-refractivity contribution in [1.29, 1.82) is 0 Å². The molecule has 0 unspecified atom stereocenters. The quantitative estimate of drug-likeness (QED) is 0.688. The first-order chi connectivity index (χ1) is 9.06. The monoisotopic (exact) mass is 258 g/mol. The first kappa shape index (κ1) is 11.4. The number of rotatable bonds is 1. The van der Waals surface area contributed by atoms with Gasteiger partial charge in [-0.2, -0.15) is 4.98 Å². The maximum Gasteiger partial charge on any atom is 0.222 e. The molecular weight excluding hydrogens is 247 g/mol. The summed E-state index contributed by atoms with van der Waals surface area (Å²) in [5.74, 6) is 0.688. The minimum absolute atomic E-state index is 0.106. The van der Waals surface area contributed by atoms with Crippen LogP contribution >= 0.6 is 0 Å². The van der Waals surface area contributed by atoms with Crippen molar-refractivity contribution in [1.82, 2.24) is 19.5 Å². The maximum absolute atomic E-state index is 13.2. The van der Waals surface area contributed by atoms with Gasteiger partial charge in [0.2, 0.25) is 5.95 Å². The Morgan fingerprint density at radius 2 is 2.00 bits per heavy atom. The van der Waals surface area contributed by atoms with Crippen molar-refractivity contribution in [2.24, 2.45) is 0 Å². The lowest BCUT2D eigenvalue weighted by Gasteiger charge is -2.08. The van der Waals surface area contributed by atoms with Gasteiger partial charge in [0.1, 0.15) is 17.3 Å². The van der Waals surface area contributed by atoms with Crippen molar-refractivity contribution >= 4 is 22.8 Å². The average molecular weight is 258 g/mol. The molecule has 0 aliphatic carbocycles. The van der Waals surface area contributed by atoms with E-state index in [4.69, 9.17) is 11.5 Å². The third-order valence-electron chi connectivity index (χ3n) is 2.84. The molecule has 3 rings (SSSR count). The highest BCUT2D eigenvalue weighted by molar-refractivity contribution is 5.79. The van der Waals surface area contributed by atoms with E-state index in [-0.39, 0.29) is 17.6 Å². The van der Waals surface area contributed by atoms with Crippen molar-refractivity contribution in [3.8, 4) is 5.69 Å². The number of nitrogens with zero attached hydrogens (tertiary/aromatic N) is 4. The van der Waals surface area contributed by atoms with Crippen molar-refractivity contribution in [2.45, 2.75) is 6.92 Å². The van der Waals surface area contributed by atoms with Crippen molar-refractivity contribution < 1.29 is 4.39 Å². The Balaban J connectivity index is 2.33. The molecule has 1 aromatic carbocycles. The highest BCUT2D eigenvalue weighted by atomic mass is 19.1. The fourth-order valence-electron chi connectivity index (χ4n) is 2.05. The molecule has 0 radical (unpaired) electrons. The number of benzene rings is 1. The Hall–Kier alpha value is -2.70. The lowest BCUT2D eigenvalue weighted by atomic mass is 10.3. The largest absolute Gasteiger partial charge is 0.382 e. The Kier molecular flexibility index (Phi) is 2.34. The van der Waals surface area contributed by atoms with Crippen LogP contribution in [-0.4, -0.2) is 19.5 Å². The zero-order chi connectivity index (χ0) is 13.6. The summed E-state index contributed by atoms with van der Waals surface area (Å²) < 4.78 is 15.0. The molecule has 4 N–H and O–H groups in total. The minimum Gasteiger partial charge on any atom is -0.382 e. The Bertz CT molecular complexity index is 779. The molecular formula is C12H11FN6. The molecule has 0 bridgehead atoms. The van der Waals surface area contributed by atoms with Crippen molar-refractivity contribution in [2.75, 3.05) is 11.5 Å². The van der Waals surface area contributed by atoms with Gasteiger partial charge in [0, 0.05) is 6.07 Å². The summed E-state index contributed by atoms with van der Waals surface area (Å²) in [6.07, 6.45) is 1.52. The van der Waals surface area contributed by atoms with Gasteiger partial charge < -0.3 is 11.5 Å². The summed E-state index contributed by atoms with van der Waals surface area (Å²) in [5.41, 5.74) is 13.2. The summed E-state index contributed by atoms with van der Waals surface area (Å²) in [6.45, 7) is 1.80. The van der Waals surface area contributed by atoms with Crippen LogP contribution < -0.4 is 11.5 Å². The van der Waals surface area contributed by atoms with Crippen LogP contribution in [0.25, 0.3) is 16.7 Å². The molecule has 0 saturated heterocycles. The van der Waals surface area contributed by atoms with Gasteiger partial charge in [-0.05, 0) is 19.1 Å². The van der Waals surface area contributed by atoms with E-state index >= 15 is 0 Å². The Labute approximate surface area is 107 Å². The molecule has 0 aliphatic heterocycles. The van der Waals surface area contributed by atoms with Crippen molar-refractivity contribution in [3.05, 3.63) is 36.0 Å². The zero-order valence-corrected chi connectivity index (χ0v) is 10.1. The van der Waals surface area contributed by atoms with E-state index in [0.29, 0.717) is 17.0 Å². The van der Waals surface area contributed by atoms with Gasteiger partial charge in [0.15, 0.2) is 5.82 Å². The second-order valence-electron chi connectivity index (χ2n) is 4.13. The molecule has 7 heteroatoms. The fourth-order valence-corrected chi connectivity index (χ4v) is 2.05. The van der Waals surface area contributed by atoms with Crippen molar-refractivity contribution in [3.63, 3.8) is 0 Å². The van der Waals surface area contributed by atoms with Crippen LogP contribution in [0.1, 0.15) is 5.82 Å². The van der Waals surface area contributed by atoms with Gasteiger partial charge >= 0.3 is 0 Å². The molecule has 96 valence electrons. The molecule has 2 aromatic heterocycles. The zero-order valence-electron chi connectivity index (χ0n) is 10.1. The van der Waals surface area contributed by atoms with E-state index in [2.05, 4.69) is 15.0 Å². The number of fused-ring (bicyclic) bond motifs is 1. The lowest BCUT2D eigenvalue weighted by molar-refractivity contribution is 0.629. The van der Waals surface area contributed by atoms with E-state index in [1.54, 1.807) is 17.6 Å². The third-order valence-corrected chi connectivity index (χ3v) is 2.84. The lowest BCUT2D eigenvalue weighted by Crippen LogP contribution is -2.07. The second kappa shape index (κ2) is 3.91. The summed E-state index contributed by atoms with van der Waals surface area (Å²) in [6, 6.07) is 4.38. The Morgan fingerprint density at radius 3 is 2.74 bits per heavy atom. The van der Waals surface area contributed by atoms with Gasteiger partial charge in [0.25, 0.3) is 0 Å². The average Bonchev–Trinajstić information content (AvgIpc) is 2.65. The predicted octanol–water partition coefficient (Wildman–Crippen LogP) is 1.43. The number of anilines is 2. The number of hydrogen-bond acceptors (Lipinski definition) is 5. The van der Waals surface area contributed by atoms with E-state index in [0.717, 1.165) is 5.52 Å². The molecule has 0 aliphatic rings. The number of hydrogen-bond donors (Lipinski definition) is 2. The Morgan fingerprint density at radius 1 is 1.21 bits per heavy atom. The summed E-state index contributed by atoms with van der Waals surface area (Å²) in [4.78, 5) is 12.1. The van der Waals surface area contributed by atoms with Gasteiger partial charge in [-0.15, -0.1) is 0 Å². The van der Waals surface area contributed by atoms with Crippen LogP contribution in [0.2, 0.25) is 0 Å². The van der Waals surface area contributed by atoms with Crippen LogP contribution in [0.5, 0.6) is 0 Å². The van der Waals surface area contributed by atoms with Gasteiger partial charge in [-0.3, -0.25) is 4.57 Å². The molecule has 0 saturated carbocycles. The number of aromatic nitrogens is 4. The highest BCUT2D eigenvalue weighted by Crippen LogP contribution is 2.24. The van der Waals surface area contributed by atoms with Crippen LogP contribution in [-0.2, 0) is 0 Å². The molecule has 6 nitrogen and oxygen atoms in total. The van der Waals surface area contributed by atoms with E-state index in [1.807, 2.05) is 0 Å². The van der Waals surface area contributed by atoms with Crippen LogP contribution in [0.3, 0.4) is 0 Å². The van der Waals surface area contributed by atoms with Crippen LogP contribution in [0.15, 0.2) is 24.4 Å². The first-order valence-corrected chi connectivity index (χ1v) is 5.59. The van der Waals surface area contributed by atoms with Gasteiger partial charge in [-0.1, -0.05) is 0 Å². The summed E-state index contributed by atoms with van der Waals surface area (Å²) >= 11 is 0. The second-order valence-corrected chi connectivity index (χ2v) is 4.13. The summed E-state index contributed by atoms with van der Waals surface area (Å²) in [5, 5.41) is 0. The van der Waals surface area contributed by atoms with Crippen LogP contribution in [0, 0.1) is 12.7 Å². The molecule has 19 heavy (non-hydrogen) atoms. The topological polar surface area (TPSA) is 95.6 Å².